The predicted octanol–water partition coefficient (Wildman–Crippen LogP) is 2.03. The summed E-state index contributed by atoms with van der Waals surface area (Å²) in [5.41, 5.74) is -0.688. The van der Waals surface area contributed by atoms with E-state index in [0.717, 1.165) is 31.5 Å². The average Bonchev–Trinajstić information content (AvgIpc) is 2.98. The lowest BCUT2D eigenvalue weighted by molar-refractivity contribution is -0.137. The number of alkyl halides is 3. The Morgan fingerprint density at radius 3 is 2.77 bits per heavy atom. The van der Waals surface area contributed by atoms with Crippen molar-refractivity contribution in [1.29, 1.82) is 0 Å². The van der Waals surface area contributed by atoms with Gasteiger partial charge in [0.2, 0.25) is 5.91 Å². The van der Waals surface area contributed by atoms with E-state index < -0.39 is 17.8 Å². The molecule has 2 atom stereocenters. The fraction of sp³-hybridized carbons (Fsp3) is 0.500. The molecule has 4 nitrogen and oxygen atoms in total. The smallest absolute Gasteiger partial charge is 0.387 e. The Morgan fingerprint density at radius 1 is 1.45 bits per heavy atom. The zero-order valence-electron chi connectivity index (χ0n) is 11.7. The van der Waals surface area contributed by atoms with Crippen LogP contribution in [0.4, 0.5) is 13.2 Å². The Balaban J connectivity index is 0.00000242. The molecule has 124 valence electrons. The van der Waals surface area contributed by atoms with Gasteiger partial charge >= 0.3 is 6.18 Å². The second-order valence-corrected chi connectivity index (χ2v) is 5.03. The summed E-state index contributed by atoms with van der Waals surface area (Å²) in [6, 6.07) is 4.20. The minimum Gasteiger partial charge on any atom is -0.387 e. The van der Waals surface area contributed by atoms with E-state index in [1.807, 2.05) is 0 Å². The number of hydrogen-bond acceptors (Lipinski definition) is 3. The van der Waals surface area contributed by atoms with Gasteiger partial charge in [0.1, 0.15) is 0 Å². The van der Waals surface area contributed by atoms with Crippen LogP contribution in [-0.4, -0.2) is 30.1 Å². The number of amides is 1. The molecule has 0 aromatic heterocycles. The molecule has 1 aromatic carbocycles. The van der Waals surface area contributed by atoms with Gasteiger partial charge in [-0.2, -0.15) is 13.2 Å². The van der Waals surface area contributed by atoms with Crippen molar-refractivity contribution in [2.75, 3.05) is 13.1 Å². The highest BCUT2D eigenvalue weighted by Gasteiger charge is 2.31. The van der Waals surface area contributed by atoms with Crippen molar-refractivity contribution < 1.29 is 23.1 Å². The molecule has 1 saturated heterocycles. The maximum absolute atomic E-state index is 12.6. The summed E-state index contributed by atoms with van der Waals surface area (Å²) >= 11 is 0. The van der Waals surface area contributed by atoms with Crippen molar-refractivity contribution in [3.8, 4) is 0 Å². The van der Waals surface area contributed by atoms with Gasteiger partial charge in [0.25, 0.3) is 0 Å². The number of rotatable bonds is 4. The molecule has 22 heavy (non-hydrogen) atoms. The molecular weight excluding hydrogens is 321 g/mol. The number of aliphatic hydroxyl groups excluding tert-OH is 1. The standard InChI is InChI=1S/C14H17F3N2O2.ClH/c15-14(16,17)10-4-1-3-9(7-10)12(20)8-19-13(21)11-5-2-6-18-11;/h1,3-4,7,11-12,18,20H,2,5-6,8H2,(H,19,21);1H. The van der Waals surface area contributed by atoms with Crippen LogP contribution in [0.5, 0.6) is 0 Å². The van der Waals surface area contributed by atoms with E-state index in [2.05, 4.69) is 10.6 Å². The highest BCUT2D eigenvalue weighted by molar-refractivity contribution is 5.85. The SMILES string of the molecule is Cl.O=C(NCC(O)c1cccc(C(F)(F)F)c1)C1CCCN1. The summed E-state index contributed by atoms with van der Waals surface area (Å²) in [6.07, 6.45) is -3.98. The van der Waals surface area contributed by atoms with Gasteiger partial charge in [0, 0.05) is 6.54 Å². The number of carbonyl (C=O) groups excluding carboxylic acids is 1. The Hall–Kier alpha value is -1.31. The quantitative estimate of drug-likeness (QED) is 0.787. The second kappa shape index (κ2) is 7.80. The van der Waals surface area contributed by atoms with Gasteiger partial charge in [-0.3, -0.25) is 4.79 Å². The minimum absolute atomic E-state index is 0. The molecular formula is C14H18ClF3N2O2. The van der Waals surface area contributed by atoms with Crippen LogP contribution in [0, 0.1) is 0 Å². The third-order valence-electron chi connectivity index (χ3n) is 3.45. The van der Waals surface area contributed by atoms with Gasteiger partial charge in [0.15, 0.2) is 0 Å². The van der Waals surface area contributed by atoms with Crippen LogP contribution in [0.15, 0.2) is 24.3 Å². The number of halogens is 4. The lowest BCUT2D eigenvalue weighted by Crippen LogP contribution is -2.41. The van der Waals surface area contributed by atoms with Gasteiger partial charge in [-0.05, 0) is 37.1 Å². The molecule has 1 heterocycles. The third kappa shape index (κ3) is 4.86. The summed E-state index contributed by atoms with van der Waals surface area (Å²) < 4.78 is 37.8. The maximum atomic E-state index is 12.6. The molecule has 1 fully saturated rings. The van der Waals surface area contributed by atoms with Crippen LogP contribution in [0.1, 0.15) is 30.1 Å². The Labute approximate surface area is 132 Å². The van der Waals surface area contributed by atoms with Gasteiger partial charge in [-0.25, -0.2) is 0 Å². The Morgan fingerprint density at radius 2 is 2.18 bits per heavy atom. The van der Waals surface area contributed by atoms with E-state index in [4.69, 9.17) is 0 Å². The minimum atomic E-state index is -4.45. The third-order valence-corrected chi connectivity index (χ3v) is 3.45. The van der Waals surface area contributed by atoms with Gasteiger partial charge in [-0.15, -0.1) is 12.4 Å². The highest BCUT2D eigenvalue weighted by atomic mass is 35.5. The molecule has 0 aliphatic carbocycles. The summed E-state index contributed by atoms with van der Waals surface area (Å²) in [5, 5.41) is 15.5. The van der Waals surface area contributed by atoms with Crippen molar-refractivity contribution in [3.05, 3.63) is 35.4 Å². The first-order chi connectivity index (χ1) is 9.88. The van der Waals surface area contributed by atoms with Crippen molar-refractivity contribution in [1.82, 2.24) is 10.6 Å². The molecule has 3 N–H and O–H groups in total. The average molecular weight is 339 g/mol. The first-order valence-electron chi connectivity index (χ1n) is 6.74. The van der Waals surface area contributed by atoms with Crippen LogP contribution in [-0.2, 0) is 11.0 Å². The zero-order chi connectivity index (χ0) is 15.5. The molecule has 1 amide bonds. The van der Waals surface area contributed by atoms with E-state index in [-0.39, 0.29) is 36.5 Å². The van der Waals surface area contributed by atoms with E-state index in [0.29, 0.717) is 0 Å². The van der Waals surface area contributed by atoms with Crippen LogP contribution >= 0.6 is 12.4 Å². The molecule has 0 bridgehead atoms. The molecule has 0 radical (unpaired) electrons. The Bertz CT molecular complexity index is 505. The molecule has 1 aliphatic rings. The van der Waals surface area contributed by atoms with Crippen LogP contribution < -0.4 is 10.6 Å². The van der Waals surface area contributed by atoms with Crippen LogP contribution in [0.2, 0.25) is 0 Å². The summed E-state index contributed by atoms with van der Waals surface area (Å²) in [4.78, 5) is 11.7. The number of hydrogen-bond donors (Lipinski definition) is 3. The normalized spacial score (nSPS) is 19.4. The molecule has 0 saturated carbocycles. The fourth-order valence-corrected chi connectivity index (χ4v) is 2.27. The maximum Gasteiger partial charge on any atom is 0.416 e. The molecule has 2 unspecified atom stereocenters. The molecule has 8 heteroatoms. The zero-order valence-corrected chi connectivity index (χ0v) is 12.5. The predicted molar refractivity (Wildman–Crippen MR) is 77.7 cm³/mol. The summed E-state index contributed by atoms with van der Waals surface area (Å²) in [7, 11) is 0. The first-order valence-corrected chi connectivity index (χ1v) is 6.74. The van der Waals surface area contributed by atoms with Crippen molar-refractivity contribution in [2.24, 2.45) is 0 Å². The Kier molecular flexibility index (Phi) is 6.65. The lowest BCUT2D eigenvalue weighted by Gasteiger charge is -2.16. The van der Waals surface area contributed by atoms with Crippen molar-refractivity contribution >= 4 is 18.3 Å². The fourth-order valence-electron chi connectivity index (χ4n) is 2.27. The van der Waals surface area contributed by atoms with E-state index in [1.165, 1.54) is 12.1 Å². The number of carbonyl (C=O) groups is 1. The molecule has 0 spiro atoms. The van der Waals surface area contributed by atoms with Crippen LogP contribution in [0.3, 0.4) is 0 Å². The van der Waals surface area contributed by atoms with Crippen molar-refractivity contribution in [3.63, 3.8) is 0 Å². The largest absolute Gasteiger partial charge is 0.416 e. The van der Waals surface area contributed by atoms with E-state index >= 15 is 0 Å². The van der Waals surface area contributed by atoms with Gasteiger partial charge in [0.05, 0.1) is 17.7 Å². The van der Waals surface area contributed by atoms with Gasteiger partial charge < -0.3 is 15.7 Å². The highest BCUT2D eigenvalue weighted by Crippen LogP contribution is 2.30. The number of aliphatic hydroxyl groups is 1. The molecule has 1 aromatic rings. The van der Waals surface area contributed by atoms with Crippen molar-refractivity contribution in [2.45, 2.75) is 31.2 Å². The summed E-state index contributed by atoms with van der Waals surface area (Å²) in [6.45, 7) is 0.659. The number of nitrogens with one attached hydrogen (secondary N) is 2. The lowest BCUT2D eigenvalue weighted by atomic mass is 10.1. The summed E-state index contributed by atoms with van der Waals surface area (Å²) in [5.74, 6) is -0.237. The van der Waals surface area contributed by atoms with Gasteiger partial charge in [-0.1, -0.05) is 12.1 Å². The molecule has 1 aliphatic heterocycles. The first kappa shape index (κ1) is 18.7. The molecule has 2 rings (SSSR count). The van der Waals surface area contributed by atoms with Crippen LogP contribution in [0.25, 0.3) is 0 Å². The van der Waals surface area contributed by atoms with E-state index in [1.54, 1.807) is 0 Å². The topological polar surface area (TPSA) is 61.4 Å². The number of benzene rings is 1. The van der Waals surface area contributed by atoms with E-state index in [9.17, 15) is 23.1 Å². The second-order valence-electron chi connectivity index (χ2n) is 5.03. The monoisotopic (exact) mass is 338 g/mol.